The first kappa shape index (κ1) is 15.7. The summed E-state index contributed by atoms with van der Waals surface area (Å²) in [7, 11) is -3.63. The normalized spacial score (nSPS) is 4.00. The molecule has 0 saturated heterocycles. The first-order valence-corrected chi connectivity index (χ1v) is 1.84. The minimum atomic E-state index is -3.63. The molecule has 3 nitrogen and oxygen atoms in total. The van der Waals surface area contributed by atoms with E-state index >= 15 is 0 Å². The van der Waals surface area contributed by atoms with Gasteiger partial charge in [0.1, 0.15) is 0 Å². The molecule has 0 unspecified atom stereocenters. The van der Waals surface area contributed by atoms with Gasteiger partial charge >= 0.3 is 46.9 Å². The van der Waals surface area contributed by atoms with Gasteiger partial charge in [-0.15, -0.1) is 0 Å². The SMILES string of the molecule is O=[Si]([O-])[O-].[Al+3].[Na+]. The van der Waals surface area contributed by atoms with Gasteiger partial charge in [-0.1, -0.05) is 0 Å². The Bertz CT molecular complexity index is 33.8. The van der Waals surface area contributed by atoms with Crippen molar-refractivity contribution in [3.63, 3.8) is 0 Å². The summed E-state index contributed by atoms with van der Waals surface area (Å²) in [5, 5.41) is 0. The third kappa shape index (κ3) is 67.1. The molecule has 0 aliphatic heterocycles. The molecule has 0 aliphatic rings. The van der Waals surface area contributed by atoms with Gasteiger partial charge in [-0.05, 0) is 0 Å². The minimum Gasteiger partial charge on any atom is -0.672 e. The molecule has 0 aromatic rings. The van der Waals surface area contributed by atoms with Crippen LogP contribution in [0.25, 0.3) is 0 Å². The zero-order valence-electron chi connectivity index (χ0n) is 3.30. The second kappa shape index (κ2) is 9.47. The van der Waals surface area contributed by atoms with Crippen molar-refractivity contribution < 1.29 is 43.6 Å². The Morgan fingerprint density at radius 3 is 1.33 bits per heavy atom. The maximum absolute atomic E-state index is 8.52. The summed E-state index contributed by atoms with van der Waals surface area (Å²) in [6.07, 6.45) is 0. The van der Waals surface area contributed by atoms with Crippen LogP contribution in [0.5, 0.6) is 0 Å². The second-order valence-corrected chi connectivity index (χ2v) is 0.750. The Hall–Kier alpha value is 1.15. The third-order valence-corrected chi connectivity index (χ3v) is 0. The molecule has 0 radical (unpaired) electrons. The second-order valence-electron chi connectivity index (χ2n) is 0.250. The molecule has 0 fully saturated rings. The maximum Gasteiger partial charge on any atom is 3.00 e. The monoisotopic (exact) mass is 126 g/mol. The fourth-order valence-electron chi connectivity index (χ4n) is 0. The van der Waals surface area contributed by atoms with Crippen LogP contribution in [0.15, 0.2) is 0 Å². The standard InChI is InChI=1S/Al.Na.O3Si/c;;1-4(2)3/q+3;+1;-2. The van der Waals surface area contributed by atoms with Crippen molar-refractivity contribution in [3.8, 4) is 0 Å². The molecule has 0 aromatic heterocycles. The van der Waals surface area contributed by atoms with Gasteiger partial charge < -0.3 is 14.1 Å². The molecule has 0 atom stereocenters. The maximum atomic E-state index is 8.52. The Kier molecular flexibility index (Phi) is 24.8. The molecule has 0 heterocycles. The van der Waals surface area contributed by atoms with Gasteiger partial charge in [0.15, 0.2) is 0 Å². The quantitative estimate of drug-likeness (QED) is 0.303. The van der Waals surface area contributed by atoms with Crippen LogP contribution in [0.1, 0.15) is 0 Å². The fraction of sp³-hybridized carbons (Fsp3) is 0. The van der Waals surface area contributed by atoms with Crippen molar-refractivity contribution in [3.05, 3.63) is 0 Å². The first-order chi connectivity index (χ1) is 1.73. The third-order valence-electron chi connectivity index (χ3n) is 0. The van der Waals surface area contributed by atoms with E-state index in [4.69, 9.17) is 14.1 Å². The molecule has 0 aliphatic carbocycles. The first-order valence-electron chi connectivity index (χ1n) is 0.612. The molecule has 0 aromatic carbocycles. The smallest absolute Gasteiger partial charge is 0.672 e. The van der Waals surface area contributed by atoms with E-state index in [0.717, 1.165) is 0 Å². The number of hydrogen-bond acceptors (Lipinski definition) is 3. The molecular formula is AlNaO3Si+2. The minimum absolute atomic E-state index is 0. The van der Waals surface area contributed by atoms with Crippen molar-refractivity contribution >= 4 is 26.5 Å². The molecular weight excluding hydrogens is 126 g/mol. The van der Waals surface area contributed by atoms with Crippen molar-refractivity contribution in [2.24, 2.45) is 0 Å². The molecule has 0 amide bonds. The number of rotatable bonds is 0. The van der Waals surface area contributed by atoms with E-state index in [1.54, 1.807) is 0 Å². The summed E-state index contributed by atoms with van der Waals surface area (Å²) < 4.78 is 8.52. The summed E-state index contributed by atoms with van der Waals surface area (Å²) in [4.78, 5) is 17.0. The van der Waals surface area contributed by atoms with Gasteiger partial charge in [0.25, 0.3) is 0 Å². The van der Waals surface area contributed by atoms with E-state index in [0.29, 0.717) is 0 Å². The Morgan fingerprint density at radius 2 is 1.33 bits per heavy atom. The fourth-order valence-corrected chi connectivity index (χ4v) is 0. The molecule has 6 heavy (non-hydrogen) atoms. The van der Waals surface area contributed by atoms with E-state index < -0.39 is 9.17 Å². The largest absolute Gasteiger partial charge is 3.00 e. The number of hydrogen-bond donors (Lipinski definition) is 0. The summed E-state index contributed by atoms with van der Waals surface area (Å²) in [6, 6.07) is 0. The Balaban J connectivity index is -0.0000000450. The average molecular weight is 126 g/mol. The van der Waals surface area contributed by atoms with Crippen molar-refractivity contribution in [1.29, 1.82) is 0 Å². The van der Waals surface area contributed by atoms with Crippen LogP contribution in [-0.4, -0.2) is 26.5 Å². The molecule has 0 N–H and O–H groups in total. The van der Waals surface area contributed by atoms with Gasteiger partial charge in [0.05, 0.1) is 0 Å². The Morgan fingerprint density at radius 1 is 1.33 bits per heavy atom. The summed E-state index contributed by atoms with van der Waals surface area (Å²) >= 11 is 0. The molecule has 0 saturated carbocycles. The van der Waals surface area contributed by atoms with Gasteiger partial charge in [0, 0.05) is 9.17 Å². The molecule has 0 rings (SSSR count). The van der Waals surface area contributed by atoms with E-state index in [-0.39, 0.29) is 46.9 Å². The predicted molar refractivity (Wildman–Crippen MR) is 12.2 cm³/mol. The van der Waals surface area contributed by atoms with Crippen molar-refractivity contribution in [2.75, 3.05) is 0 Å². The van der Waals surface area contributed by atoms with Crippen LogP contribution in [0.3, 0.4) is 0 Å². The zero-order chi connectivity index (χ0) is 3.58. The van der Waals surface area contributed by atoms with Crippen molar-refractivity contribution in [1.82, 2.24) is 0 Å². The predicted octanol–water partition coefficient (Wildman–Crippen LogP) is -6.25. The van der Waals surface area contributed by atoms with Crippen LogP contribution in [0.2, 0.25) is 0 Å². The topological polar surface area (TPSA) is 63.2 Å². The van der Waals surface area contributed by atoms with E-state index in [9.17, 15) is 0 Å². The van der Waals surface area contributed by atoms with E-state index in [2.05, 4.69) is 0 Å². The van der Waals surface area contributed by atoms with Crippen LogP contribution in [0.4, 0.5) is 0 Å². The van der Waals surface area contributed by atoms with Gasteiger partial charge in [-0.2, -0.15) is 0 Å². The Labute approximate surface area is 69.7 Å². The van der Waals surface area contributed by atoms with E-state index in [1.165, 1.54) is 0 Å². The summed E-state index contributed by atoms with van der Waals surface area (Å²) in [5.74, 6) is 0. The van der Waals surface area contributed by atoms with Crippen molar-refractivity contribution in [2.45, 2.75) is 0 Å². The summed E-state index contributed by atoms with van der Waals surface area (Å²) in [5.41, 5.74) is 0. The van der Waals surface area contributed by atoms with Crippen LogP contribution < -0.4 is 39.1 Å². The average Bonchev–Trinajstić information content (AvgIpc) is 0.811. The molecule has 24 valence electrons. The van der Waals surface area contributed by atoms with Crippen LogP contribution >= 0.6 is 0 Å². The molecule has 0 bridgehead atoms. The molecule has 0 spiro atoms. The van der Waals surface area contributed by atoms with Gasteiger partial charge in [0.2, 0.25) is 0 Å². The van der Waals surface area contributed by atoms with Gasteiger partial charge in [-0.25, -0.2) is 0 Å². The van der Waals surface area contributed by atoms with E-state index in [1.807, 2.05) is 0 Å². The molecule has 6 heteroatoms. The van der Waals surface area contributed by atoms with Crippen LogP contribution in [0, 0.1) is 0 Å². The zero-order valence-corrected chi connectivity index (χ0v) is 7.46. The van der Waals surface area contributed by atoms with Gasteiger partial charge in [-0.3, -0.25) is 0 Å². The van der Waals surface area contributed by atoms with Crippen LogP contribution in [-0.2, 0) is 4.46 Å². The summed E-state index contributed by atoms with van der Waals surface area (Å²) in [6.45, 7) is 0.